The maximum atomic E-state index is 10.9. The lowest BCUT2D eigenvalue weighted by molar-refractivity contribution is -0.137. The molecule has 10 heteroatoms. The SMILES string of the molecule is CC(C)Oc1ncc(-c2nc(CN3CC4(CC4)c4cc(CN(C)CCC(=O)O)ccc43)no2)cc1C#N. The predicted octanol–water partition coefficient (Wildman–Crippen LogP) is 3.75. The van der Waals surface area contributed by atoms with Crippen LogP contribution in [0.4, 0.5) is 5.69 Å². The summed E-state index contributed by atoms with van der Waals surface area (Å²) >= 11 is 0. The predicted molar refractivity (Wildman–Crippen MR) is 135 cm³/mol. The maximum absolute atomic E-state index is 10.9. The summed E-state index contributed by atoms with van der Waals surface area (Å²) < 4.78 is 11.1. The van der Waals surface area contributed by atoms with Crippen LogP contribution in [0.25, 0.3) is 11.5 Å². The number of carboxylic acid groups (broad SMARTS) is 1. The van der Waals surface area contributed by atoms with E-state index in [1.807, 2.05) is 25.8 Å². The molecule has 1 fully saturated rings. The summed E-state index contributed by atoms with van der Waals surface area (Å²) in [4.78, 5) is 24.1. The maximum Gasteiger partial charge on any atom is 0.304 e. The molecule has 5 rings (SSSR count). The number of benzene rings is 1. The summed E-state index contributed by atoms with van der Waals surface area (Å²) in [6.07, 6.45) is 3.93. The zero-order valence-corrected chi connectivity index (χ0v) is 21.3. The zero-order valence-electron chi connectivity index (χ0n) is 21.3. The highest BCUT2D eigenvalue weighted by Gasteiger charge is 2.51. The Morgan fingerprint density at radius 3 is 2.86 bits per heavy atom. The van der Waals surface area contributed by atoms with Gasteiger partial charge in [0.2, 0.25) is 5.88 Å². The summed E-state index contributed by atoms with van der Waals surface area (Å²) in [5, 5.41) is 22.6. The van der Waals surface area contributed by atoms with Gasteiger partial charge in [0.15, 0.2) is 5.82 Å². The van der Waals surface area contributed by atoms with Crippen molar-refractivity contribution in [2.75, 3.05) is 25.0 Å². The van der Waals surface area contributed by atoms with Crippen LogP contribution in [0.3, 0.4) is 0 Å². The number of anilines is 1. The van der Waals surface area contributed by atoms with E-state index in [0.29, 0.717) is 42.5 Å². The molecule has 0 radical (unpaired) electrons. The van der Waals surface area contributed by atoms with Gasteiger partial charge in [-0.25, -0.2) is 4.98 Å². The van der Waals surface area contributed by atoms with Crippen LogP contribution in [0.2, 0.25) is 0 Å². The highest BCUT2D eigenvalue weighted by Crippen LogP contribution is 2.56. The van der Waals surface area contributed by atoms with Crippen LogP contribution < -0.4 is 9.64 Å². The molecule has 3 heterocycles. The molecule has 1 aliphatic heterocycles. The second kappa shape index (κ2) is 9.82. The molecule has 1 aliphatic carbocycles. The van der Waals surface area contributed by atoms with Gasteiger partial charge < -0.3 is 24.2 Å². The number of fused-ring (bicyclic) bond motifs is 2. The van der Waals surface area contributed by atoms with Gasteiger partial charge in [0, 0.05) is 36.9 Å². The molecule has 0 bridgehead atoms. The summed E-state index contributed by atoms with van der Waals surface area (Å²) in [5.41, 5.74) is 4.79. The quantitative estimate of drug-likeness (QED) is 0.438. The number of aromatic nitrogens is 3. The Balaban J connectivity index is 1.30. The molecule has 1 spiro atoms. The Morgan fingerprint density at radius 2 is 2.16 bits per heavy atom. The highest BCUT2D eigenvalue weighted by atomic mass is 16.5. The molecule has 3 aromatic rings. The number of hydrogen-bond donors (Lipinski definition) is 1. The van der Waals surface area contributed by atoms with Crippen molar-refractivity contribution in [3.05, 3.63) is 53.0 Å². The zero-order chi connectivity index (χ0) is 26.2. The Labute approximate surface area is 215 Å². The molecule has 192 valence electrons. The number of hydrogen-bond acceptors (Lipinski definition) is 9. The third kappa shape index (κ3) is 5.27. The topological polar surface area (TPSA) is 129 Å². The van der Waals surface area contributed by atoms with Crippen molar-refractivity contribution in [1.29, 1.82) is 5.26 Å². The normalized spacial score (nSPS) is 15.3. The Morgan fingerprint density at radius 1 is 1.35 bits per heavy atom. The van der Waals surface area contributed by atoms with E-state index in [-0.39, 0.29) is 23.8 Å². The standard InChI is InChI=1S/C27H30N6O4/c1-17(2)36-25-19(12-28)11-20(13-29-25)26-30-23(31-37-26)15-33-16-27(7-8-27)21-10-18(4-5-22(21)33)14-32(3)9-6-24(34)35/h4-5,10-11,13,17H,6-9,14-16H2,1-3H3,(H,34,35). The van der Waals surface area contributed by atoms with Gasteiger partial charge >= 0.3 is 5.97 Å². The molecule has 1 N–H and O–H groups in total. The van der Waals surface area contributed by atoms with Crippen molar-refractivity contribution in [3.8, 4) is 23.4 Å². The van der Waals surface area contributed by atoms with Crippen molar-refractivity contribution in [2.45, 2.75) is 57.7 Å². The molecule has 0 amide bonds. The Bertz CT molecular complexity index is 1360. The fraction of sp³-hybridized carbons (Fsp3) is 0.444. The molecule has 0 saturated heterocycles. The van der Waals surface area contributed by atoms with Gasteiger partial charge in [-0.1, -0.05) is 17.3 Å². The molecular weight excluding hydrogens is 472 g/mol. The number of pyridine rings is 1. The van der Waals surface area contributed by atoms with E-state index < -0.39 is 5.97 Å². The summed E-state index contributed by atoms with van der Waals surface area (Å²) in [5.74, 6) is 0.390. The molecule has 0 unspecified atom stereocenters. The van der Waals surface area contributed by atoms with Crippen LogP contribution in [0.1, 0.15) is 55.6 Å². The molecule has 37 heavy (non-hydrogen) atoms. The fourth-order valence-electron chi connectivity index (χ4n) is 4.89. The Hall–Kier alpha value is -3.97. The molecule has 1 saturated carbocycles. The molecule has 10 nitrogen and oxygen atoms in total. The summed E-state index contributed by atoms with van der Waals surface area (Å²) in [7, 11) is 1.95. The lowest BCUT2D eigenvalue weighted by atomic mass is 9.96. The van der Waals surface area contributed by atoms with Gasteiger partial charge in [0.1, 0.15) is 11.6 Å². The van der Waals surface area contributed by atoms with Crippen LogP contribution in [-0.4, -0.2) is 57.3 Å². The van der Waals surface area contributed by atoms with Crippen LogP contribution in [0.15, 0.2) is 35.0 Å². The van der Waals surface area contributed by atoms with Gasteiger partial charge in [0.25, 0.3) is 5.89 Å². The molecule has 2 aliphatic rings. The van der Waals surface area contributed by atoms with Gasteiger partial charge in [-0.05, 0) is 57.0 Å². The van der Waals surface area contributed by atoms with E-state index in [1.165, 1.54) is 16.8 Å². The molecular formula is C27H30N6O4. The fourth-order valence-corrected chi connectivity index (χ4v) is 4.89. The number of ether oxygens (including phenoxy) is 1. The lowest BCUT2D eigenvalue weighted by Crippen LogP contribution is -2.24. The first-order valence-electron chi connectivity index (χ1n) is 12.4. The average molecular weight is 503 g/mol. The second-order valence-electron chi connectivity index (χ2n) is 10.2. The highest BCUT2D eigenvalue weighted by molar-refractivity contribution is 5.67. The third-order valence-corrected chi connectivity index (χ3v) is 6.85. The number of carbonyl (C=O) groups is 1. The third-order valence-electron chi connectivity index (χ3n) is 6.85. The first kappa shape index (κ1) is 24.7. The van der Waals surface area contributed by atoms with Crippen LogP contribution in [0.5, 0.6) is 5.88 Å². The Kier molecular flexibility index (Phi) is 6.56. The first-order valence-corrected chi connectivity index (χ1v) is 12.4. The van der Waals surface area contributed by atoms with Gasteiger partial charge in [0.05, 0.1) is 24.6 Å². The van der Waals surface area contributed by atoms with Crippen LogP contribution >= 0.6 is 0 Å². The van der Waals surface area contributed by atoms with E-state index in [4.69, 9.17) is 14.4 Å². The number of carboxylic acids is 1. The van der Waals surface area contributed by atoms with Crippen molar-refractivity contribution in [2.24, 2.45) is 0 Å². The number of nitrogens with zero attached hydrogens (tertiary/aromatic N) is 6. The van der Waals surface area contributed by atoms with E-state index in [1.54, 1.807) is 12.3 Å². The largest absolute Gasteiger partial charge is 0.481 e. The van der Waals surface area contributed by atoms with Crippen LogP contribution in [-0.2, 0) is 23.3 Å². The molecule has 0 atom stereocenters. The van der Waals surface area contributed by atoms with Crippen molar-refractivity contribution in [1.82, 2.24) is 20.0 Å². The molecule has 2 aromatic heterocycles. The smallest absolute Gasteiger partial charge is 0.304 e. The van der Waals surface area contributed by atoms with Gasteiger partial charge in [-0.2, -0.15) is 10.2 Å². The van der Waals surface area contributed by atoms with E-state index in [9.17, 15) is 10.1 Å². The minimum Gasteiger partial charge on any atom is -0.481 e. The van der Waals surface area contributed by atoms with Crippen molar-refractivity contribution < 1.29 is 19.2 Å². The lowest BCUT2D eigenvalue weighted by Gasteiger charge is -2.19. The van der Waals surface area contributed by atoms with E-state index >= 15 is 0 Å². The number of rotatable bonds is 10. The summed E-state index contributed by atoms with van der Waals surface area (Å²) in [6.45, 7) is 6.42. The van der Waals surface area contributed by atoms with Crippen molar-refractivity contribution in [3.63, 3.8) is 0 Å². The minimum atomic E-state index is -0.781. The summed E-state index contributed by atoms with van der Waals surface area (Å²) in [6, 6.07) is 10.3. The van der Waals surface area contributed by atoms with Gasteiger partial charge in [-0.15, -0.1) is 0 Å². The number of aliphatic carboxylic acids is 1. The van der Waals surface area contributed by atoms with E-state index in [0.717, 1.165) is 19.4 Å². The minimum absolute atomic E-state index is 0.0903. The van der Waals surface area contributed by atoms with Gasteiger partial charge in [-0.3, -0.25) is 4.79 Å². The van der Waals surface area contributed by atoms with E-state index in [2.05, 4.69) is 44.3 Å². The average Bonchev–Trinajstić information content (AvgIpc) is 3.38. The molecule has 1 aromatic carbocycles. The van der Waals surface area contributed by atoms with Crippen LogP contribution in [0, 0.1) is 11.3 Å². The monoisotopic (exact) mass is 502 g/mol. The number of nitriles is 1. The second-order valence-corrected chi connectivity index (χ2v) is 10.2. The first-order chi connectivity index (χ1) is 17.8. The van der Waals surface area contributed by atoms with Crippen molar-refractivity contribution >= 4 is 11.7 Å².